The second-order valence-electron chi connectivity index (χ2n) is 2.42. The molecular formula is C8H4ClF3O3. The van der Waals surface area contributed by atoms with Crippen LogP contribution in [-0.2, 0) is 0 Å². The number of ether oxygens (including phenoxy) is 1. The summed E-state index contributed by atoms with van der Waals surface area (Å²) in [4.78, 5) is 10.4. The van der Waals surface area contributed by atoms with Gasteiger partial charge in [-0.05, 0) is 12.1 Å². The van der Waals surface area contributed by atoms with Crippen LogP contribution in [0.5, 0.6) is 5.75 Å². The van der Waals surface area contributed by atoms with Crippen LogP contribution in [-0.4, -0.2) is 17.7 Å². The first-order chi connectivity index (χ1) is 6.93. The number of alkyl halides is 2. The van der Waals surface area contributed by atoms with Gasteiger partial charge in [-0.2, -0.15) is 8.78 Å². The summed E-state index contributed by atoms with van der Waals surface area (Å²) in [6.45, 7) is -3.28. The van der Waals surface area contributed by atoms with Crippen LogP contribution in [0.2, 0.25) is 5.02 Å². The molecule has 1 aromatic rings. The van der Waals surface area contributed by atoms with Crippen LogP contribution in [0.1, 0.15) is 10.4 Å². The number of carboxylic acids is 1. The van der Waals surface area contributed by atoms with E-state index in [1.54, 1.807) is 0 Å². The molecule has 0 saturated heterocycles. The van der Waals surface area contributed by atoms with Crippen LogP contribution < -0.4 is 4.74 Å². The zero-order chi connectivity index (χ0) is 11.6. The smallest absolute Gasteiger partial charge is 0.387 e. The zero-order valence-corrected chi connectivity index (χ0v) is 7.76. The number of benzene rings is 1. The third-order valence-electron chi connectivity index (χ3n) is 1.49. The van der Waals surface area contributed by atoms with Crippen LogP contribution in [0.25, 0.3) is 0 Å². The van der Waals surface area contributed by atoms with Gasteiger partial charge in [-0.3, -0.25) is 0 Å². The van der Waals surface area contributed by atoms with Crippen molar-refractivity contribution in [3.05, 3.63) is 28.5 Å². The van der Waals surface area contributed by atoms with Gasteiger partial charge in [0.25, 0.3) is 0 Å². The molecule has 1 aromatic carbocycles. The Morgan fingerprint density at radius 3 is 2.53 bits per heavy atom. The standard InChI is InChI=1S/C8H4ClF3O3/c9-4-2-1-3(7(13)14)5(10)6(4)15-8(11)12/h1-2,8H,(H,13,14). The molecule has 1 N–H and O–H groups in total. The summed E-state index contributed by atoms with van der Waals surface area (Å²) in [5, 5.41) is 8.07. The maximum atomic E-state index is 13.2. The first kappa shape index (κ1) is 11.6. The lowest BCUT2D eigenvalue weighted by atomic mass is 10.2. The summed E-state index contributed by atoms with van der Waals surface area (Å²) in [7, 11) is 0. The molecule has 0 aromatic heterocycles. The van der Waals surface area contributed by atoms with E-state index in [9.17, 15) is 18.0 Å². The van der Waals surface area contributed by atoms with E-state index >= 15 is 0 Å². The summed E-state index contributed by atoms with van der Waals surface area (Å²) in [6.07, 6.45) is 0. The fourth-order valence-corrected chi connectivity index (χ4v) is 1.09. The van der Waals surface area contributed by atoms with Crippen molar-refractivity contribution in [2.45, 2.75) is 6.61 Å². The molecular weight excluding hydrogens is 237 g/mol. The molecule has 1 rings (SSSR count). The lowest BCUT2D eigenvalue weighted by Crippen LogP contribution is -2.08. The summed E-state index contributed by atoms with van der Waals surface area (Å²) in [5.74, 6) is -3.98. The van der Waals surface area contributed by atoms with Crippen LogP contribution >= 0.6 is 11.6 Å². The van der Waals surface area contributed by atoms with Gasteiger partial charge in [0.1, 0.15) is 0 Å². The van der Waals surface area contributed by atoms with Gasteiger partial charge < -0.3 is 9.84 Å². The quantitative estimate of drug-likeness (QED) is 0.884. The maximum absolute atomic E-state index is 13.2. The van der Waals surface area contributed by atoms with E-state index < -0.39 is 34.7 Å². The van der Waals surface area contributed by atoms with E-state index in [2.05, 4.69) is 4.74 Å². The molecule has 0 spiro atoms. The van der Waals surface area contributed by atoms with E-state index in [1.165, 1.54) is 0 Å². The molecule has 0 bridgehead atoms. The van der Waals surface area contributed by atoms with Gasteiger partial charge in [0.15, 0.2) is 11.6 Å². The number of carbonyl (C=O) groups is 1. The molecule has 7 heteroatoms. The Balaban J connectivity index is 3.24. The Bertz CT molecular complexity index is 395. The van der Waals surface area contributed by atoms with E-state index in [0.717, 1.165) is 12.1 Å². The van der Waals surface area contributed by atoms with E-state index in [1.807, 2.05) is 0 Å². The van der Waals surface area contributed by atoms with Gasteiger partial charge in [0, 0.05) is 0 Å². The summed E-state index contributed by atoms with van der Waals surface area (Å²) in [5.41, 5.74) is -0.782. The first-order valence-corrected chi connectivity index (χ1v) is 3.97. The highest BCUT2D eigenvalue weighted by molar-refractivity contribution is 6.32. The summed E-state index contributed by atoms with van der Waals surface area (Å²) < 4.78 is 40.6. The number of carboxylic acid groups (broad SMARTS) is 1. The second kappa shape index (κ2) is 4.39. The fourth-order valence-electron chi connectivity index (χ4n) is 0.895. The Morgan fingerprint density at radius 1 is 1.47 bits per heavy atom. The van der Waals surface area contributed by atoms with Gasteiger partial charge in [-0.25, -0.2) is 9.18 Å². The van der Waals surface area contributed by atoms with Gasteiger partial charge in [0.2, 0.25) is 0 Å². The minimum atomic E-state index is -3.28. The average Bonchev–Trinajstić information content (AvgIpc) is 2.11. The van der Waals surface area contributed by atoms with Crippen molar-refractivity contribution < 1.29 is 27.8 Å². The van der Waals surface area contributed by atoms with Crippen LogP contribution in [0.3, 0.4) is 0 Å². The van der Waals surface area contributed by atoms with Gasteiger partial charge in [0.05, 0.1) is 10.6 Å². The van der Waals surface area contributed by atoms with Crippen molar-refractivity contribution in [1.29, 1.82) is 0 Å². The molecule has 0 radical (unpaired) electrons. The van der Waals surface area contributed by atoms with Crippen LogP contribution in [0.4, 0.5) is 13.2 Å². The summed E-state index contributed by atoms with van der Waals surface area (Å²) >= 11 is 5.36. The highest BCUT2D eigenvalue weighted by atomic mass is 35.5. The van der Waals surface area contributed by atoms with E-state index in [4.69, 9.17) is 16.7 Å². The monoisotopic (exact) mass is 240 g/mol. The van der Waals surface area contributed by atoms with Crippen molar-refractivity contribution in [1.82, 2.24) is 0 Å². The van der Waals surface area contributed by atoms with Gasteiger partial charge in [-0.15, -0.1) is 0 Å². The van der Waals surface area contributed by atoms with Crippen molar-refractivity contribution in [3.63, 3.8) is 0 Å². The average molecular weight is 241 g/mol. The molecule has 0 amide bonds. The van der Waals surface area contributed by atoms with Gasteiger partial charge in [-0.1, -0.05) is 11.6 Å². The molecule has 0 unspecified atom stereocenters. The molecule has 15 heavy (non-hydrogen) atoms. The lowest BCUT2D eigenvalue weighted by molar-refractivity contribution is -0.0522. The Hall–Kier alpha value is -1.43. The summed E-state index contributed by atoms with van der Waals surface area (Å²) in [6, 6.07) is 1.82. The Labute approximate surface area is 87.0 Å². The minimum absolute atomic E-state index is 0.419. The molecule has 0 aliphatic rings. The van der Waals surface area contributed by atoms with Crippen molar-refractivity contribution in [3.8, 4) is 5.75 Å². The Kier molecular flexibility index (Phi) is 3.41. The molecule has 3 nitrogen and oxygen atoms in total. The molecule has 82 valence electrons. The van der Waals surface area contributed by atoms with Crippen LogP contribution in [0.15, 0.2) is 12.1 Å². The van der Waals surface area contributed by atoms with E-state index in [-0.39, 0.29) is 0 Å². The highest BCUT2D eigenvalue weighted by Crippen LogP contribution is 2.31. The topological polar surface area (TPSA) is 46.5 Å². The normalized spacial score (nSPS) is 10.5. The number of halogens is 4. The predicted octanol–water partition coefficient (Wildman–Crippen LogP) is 2.78. The van der Waals surface area contributed by atoms with Gasteiger partial charge >= 0.3 is 12.6 Å². The minimum Gasteiger partial charge on any atom is -0.478 e. The third-order valence-corrected chi connectivity index (χ3v) is 1.78. The number of hydrogen-bond acceptors (Lipinski definition) is 2. The third kappa shape index (κ3) is 2.53. The molecule has 0 aliphatic carbocycles. The number of hydrogen-bond donors (Lipinski definition) is 1. The molecule has 0 aliphatic heterocycles. The van der Waals surface area contributed by atoms with Crippen molar-refractivity contribution in [2.24, 2.45) is 0 Å². The molecule has 0 fully saturated rings. The second-order valence-corrected chi connectivity index (χ2v) is 2.83. The first-order valence-electron chi connectivity index (χ1n) is 3.59. The van der Waals surface area contributed by atoms with Crippen molar-refractivity contribution >= 4 is 17.6 Å². The zero-order valence-electron chi connectivity index (χ0n) is 7.01. The van der Waals surface area contributed by atoms with Crippen LogP contribution in [0, 0.1) is 5.82 Å². The molecule has 0 heterocycles. The van der Waals surface area contributed by atoms with E-state index in [0.29, 0.717) is 0 Å². The largest absolute Gasteiger partial charge is 0.478 e. The SMILES string of the molecule is O=C(O)c1ccc(Cl)c(OC(F)F)c1F. The number of aromatic carboxylic acids is 1. The molecule has 0 atom stereocenters. The predicted molar refractivity (Wildman–Crippen MR) is 45.0 cm³/mol. The Morgan fingerprint density at radius 2 is 2.07 bits per heavy atom. The van der Waals surface area contributed by atoms with Crippen molar-refractivity contribution in [2.75, 3.05) is 0 Å². The highest BCUT2D eigenvalue weighted by Gasteiger charge is 2.20. The number of rotatable bonds is 3. The lowest BCUT2D eigenvalue weighted by Gasteiger charge is -2.08. The fraction of sp³-hybridized carbons (Fsp3) is 0.125. The molecule has 0 saturated carbocycles. The maximum Gasteiger partial charge on any atom is 0.387 e.